The van der Waals surface area contributed by atoms with Gasteiger partial charge in [0.05, 0.1) is 10.7 Å². The first kappa shape index (κ1) is 38.9. The minimum Gasteiger partial charge on any atom is -0.355 e. The van der Waals surface area contributed by atoms with Gasteiger partial charge in [-0.3, -0.25) is 4.79 Å². The molecule has 40 heavy (non-hydrogen) atoms. The van der Waals surface area contributed by atoms with Gasteiger partial charge in [0.25, 0.3) is 5.91 Å². The zero-order valence-electron chi connectivity index (χ0n) is 24.0. The summed E-state index contributed by atoms with van der Waals surface area (Å²) in [6, 6.07) is 18.2. The SMILES string of the molecule is C.C.CN1CCCCC1.CNC(=O)Nc1ccccc1.CNC(=O)c1ccccc1.Cc1nc(C(C)(C)C)cs1. The third-order valence-electron chi connectivity index (χ3n) is 5.49. The van der Waals surface area contributed by atoms with E-state index in [-0.39, 0.29) is 32.2 Å². The molecule has 3 aromatic rings. The van der Waals surface area contributed by atoms with Crippen molar-refractivity contribution in [3.05, 3.63) is 82.3 Å². The lowest BCUT2D eigenvalue weighted by molar-refractivity contribution is 0.0963. The molecule has 2 aromatic carbocycles. The monoisotopic (exact) mass is 571 g/mol. The van der Waals surface area contributed by atoms with E-state index in [1.807, 2.05) is 55.5 Å². The van der Waals surface area contributed by atoms with E-state index < -0.39 is 0 Å². The van der Waals surface area contributed by atoms with E-state index in [1.54, 1.807) is 37.6 Å². The van der Waals surface area contributed by atoms with E-state index in [0.717, 1.165) is 10.7 Å². The number of rotatable bonds is 2. The predicted octanol–water partition coefficient (Wildman–Crippen LogP) is 7.61. The van der Waals surface area contributed by atoms with Gasteiger partial charge in [-0.15, -0.1) is 11.3 Å². The molecule has 0 saturated carbocycles. The van der Waals surface area contributed by atoms with Crippen LogP contribution in [0.4, 0.5) is 10.5 Å². The summed E-state index contributed by atoms with van der Waals surface area (Å²) in [5.41, 5.74) is 2.91. The zero-order valence-corrected chi connectivity index (χ0v) is 24.8. The van der Waals surface area contributed by atoms with Crippen LogP contribution in [0.3, 0.4) is 0 Å². The van der Waals surface area contributed by atoms with E-state index in [4.69, 9.17) is 0 Å². The number of thiazole rings is 1. The van der Waals surface area contributed by atoms with Crippen molar-refractivity contribution in [3.63, 3.8) is 0 Å². The molecule has 0 atom stereocenters. The number of anilines is 1. The highest BCUT2D eigenvalue weighted by Crippen LogP contribution is 2.23. The molecule has 0 bridgehead atoms. The molecule has 7 nitrogen and oxygen atoms in total. The number of nitrogens with zero attached hydrogens (tertiary/aromatic N) is 2. The number of likely N-dealkylation sites (tertiary alicyclic amines) is 1. The van der Waals surface area contributed by atoms with Crippen LogP contribution >= 0.6 is 11.3 Å². The number of piperidine rings is 1. The quantitative estimate of drug-likeness (QED) is 0.295. The highest BCUT2D eigenvalue weighted by atomic mass is 32.1. The van der Waals surface area contributed by atoms with Crippen molar-refractivity contribution in [3.8, 4) is 0 Å². The second-order valence-electron chi connectivity index (χ2n) is 9.88. The Morgan fingerprint density at radius 3 is 1.73 bits per heavy atom. The minimum absolute atomic E-state index is 0. The van der Waals surface area contributed by atoms with Gasteiger partial charge in [0, 0.05) is 36.1 Å². The number of amides is 3. The summed E-state index contributed by atoms with van der Waals surface area (Å²) >= 11 is 1.72. The minimum atomic E-state index is -0.198. The number of urea groups is 1. The van der Waals surface area contributed by atoms with Crippen LogP contribution in [0, 0.1) is 6.92 Å². The molecule has 0 spiro atoms. The maximum atomic E-state index is 10.9. The smallest absolute Gasteiger partial charge is 0.318 e. The first-order valence-corrected chi connectivity index (χ1v) is 13.9. The molecule has 1 aromatic heterocycles. The Balaban J connectivity index is 0. The van der Waals surface area contributed by atoms with Crippen LogP contribution in [0.2, 0.25) is 0 Å². The molecule has 0 radical (unpaired) electrons. The Morgan fingerprint density at radius 2 is 1.38 bits per heavy atom. The van der Waals surface area contributed by atoms with E-state index in [2.05, 4.69) is 59.0 Å². The topological polar surface area (TPSA) is 86.4 Å². The summed E-state index contributed by atoms with van der Waals surface area (Å²) in [6.07, 6.45) is 4.28. The van der Waals surface area contributed by atoms with Crippen LogP contribution in [-0.4, -0.2) is 56.1 Å². The van der Waals surface area contributed by atoms with Crippen molar-refractivity contribution in [2.75, 3.05) is 39.5 Å². The van der Waals surface area contributed by atoms with Gasteiger partial charge in [-0.1, -0.05) is 78.4 Å². The fourth-order valence-corrected chi connectivity index (χ4v) is 4.05. The number of benzene rings is 2. The average Bonchev–Trinajstić information content (AvgIpc) is 3.38. The van der Waals surface area contributed by atoms with Crippen LogP contribution in [-0.2, 0) is 5.41 Å². The zero-order chi connectivity index (χ0) is 28.4. The van der Waals surface area contributed by atoms with Crippen LogP contribution < -0.4 is 16.0 Å². The lowest BCUT2D eigenvalue weighted by atomic mass is 9.93. The Kier molecular flexibility index (Phi) is 21.0. The Bertz CT molecular complexity index is 1040. The molecule has 3 N–H and O–H groups in total. The van der Waals surface area contributed by atoms with E-state index in [1.165, 1.54) is 38.0 Å². The van der Waals surface area contributed by atoms with Crippen molar-refractivity contribution in [1.29, 1.82) is 0 Å². The molecule has 1 fully saturated rings. The number of carbonyl (C=O) groups excluding carboxylic acids is 2. The number of aromatic nitrogens is 1. The third kappa shape index (κ3) is 17.4. The van der Waals surface area contributed by atoms with Gasteiger partial charge in [0.15, 0.2) is 0 Å². The number of hydrogen-bond donors (Lipinski definition) is 3. The summed E-state index contributed by atoms with van der Waals surface area (Å²) in [5, 5.41) is 10.9. The van der Waals surface area contributed by atoms with Gasteiger partial charge in [-0.05, 0) is 64.2 Å². The third-order valence-corrected chi connectivity index (χ3v) is 6.26. The van der Waals surface area contributed by atoms with Crippen LogP contribution in [0.25, 0.3) is 0 Å². The van der Waals surface area contributed by atoms with Gasteiger partial charge in [-0.2, -0.15) is 0 Å². The summed E-state index contributed by atoms with van der Waals surface area (Å²) in [7, 11) is 5.40. The molecular weight excluding hydrogens is 518 g/mol. The molecule has 0 aliphatic carbocycles. The number of nitrogens with one attached hydrogen (secondary N) is 3. The van der Waals surface area contributed by atoms with Crippen molar-refractivity contribution >= 4 is 29.0 Å². The molecule has 3 amide bonds. The molecule has 1 saturated heterocycles. The van der Waals surface area contributed by atoms with Gasteiger partial charge >= 0.3 is 6.03 Å². The maximum Gasteiger partial charge on any atom is 0.318 e. The highest BCUT2D eigenvalue weighted by Gasteiger charge is 2.15. The predicted molar refractivity (Wildman–Crippen MR) is 175 cm³/mol. The maximum absolute atomic E-state index is 10.9. The van der Waals surface area contributed by atoms with Crippen molar-refractivity contribution in [2.45, 2.75) is 67.2 Å². The number of para-hydroxylation sites is 1. The van der Waals surface area contributed by atoms with Crippen LogP contribution in [0.5, 0.6) is 0 Å². The number of hydrogen-bond acceptors (Lipinski definition) is 5. The molecule has 1 aliphatic heterocycles. The molecule has 2 heterocycles. The fraction of sp³-hybridized carbons (Fsp3) is 0.469. The summed E-state index contributed by atoms with van der Waals surface area (Å²) < 4.78 is 0. The van der Waals surface area contributed by atoms with Gasteiger partial charge in [0.2, 0.25) is 0 Å². The van der Waals surface area contributed by atoms with Crippen LogP contribution in [0.15, 0.2) is 66.0 Å². The van der Waals surface area contributed by atoms with Crippen LogP contribution in [0.1, 0.15) is 75.9 Å². The van der Waals surface area contributed by atoms with Gasteiger partial charge in [0.1, 0.15) is 0 Å². The second kappa shape index (κ2) is 21.6. The molecule has 1 aliphatic rings. The van der Waals surface area contributed by atoms with Crippen molar-refractivity contribution < 1.29 is 9.59 Å². The molecule has 0 unspecified atom stereocenters. The van der Waals surface area contributed by atoms with Gasteiger partial charge < -0.3 is 20.9 Å². The summed E-state index contributed by atoms with van der Waals surface area (Å²) in [6.45, 7) is 11.2. The Morgan fingerprint density at radius 1 is 0.850 bits per heavy atom. The first-order chi connectivity index (χ1) is 18.1. The number of aryl methyl sites for hydroxylation is 1. The molecule has 8 heteroatoms. The molecular formula is C32H53N5O2S. The first-order valence-electron chi connectivity index (χ1n) is 13.0. The lowest BCUT2D eigenvalue weighted by Gasteiger charge is -2.20. The fourth-order valence-electron chi connectivity index (χ4n) is 3.21. The summed E-state index contributed by atoms with van der Waals surface area (Å²) in [5.74, 6) is -0.0411. The summed E-state index contributed by atoms with van der Waals surface area (Å²) in [4.78, 5) is 28.5. The lowest BCUT2D eigenvalue weighted by Crippen LogP contribution is -2.24. The molecule has 4 rings (SSSR count). The average molecular weight is 572 g/mol. The number of carbonyl (C=O) groups is 2. The second-order valence-corrected chi connectivity index (χ2v) is 10.9. The Hall–Kier alpha value is -3.23. The Labute approximate surface area is 247 Å². The van der Waals surface area contributed by atoms with Crippen molar-refractivity contribution in [1.82, 2.24) is 20.5 Å². The highest BCUT2D eigenvalue weighted by molar-refractivity contribution is 7.09. The van der Waals surface area contributed by atoms with E-state index in [9.17, 15) is 9.59 Å². The van der Waals surface area contributed by atoms with Crippen molar-refractivity contribution in [2.24, 2.45) is 0 Å². The largest absolute Gasteiger partial charge is 0.355 e. The van der Waals surface area contributed by atoms with E-state index in [0.29, 0.717) is 5.56 Å². The van der Waals surface area contributed by atoms with Gasteiger partial charge in [-0.25, -0.2) is 9.78 Å². The normalized spacial score (nSPS) is 12.1. The van der Waals surface area contributed by atoms with E-state index >= 15 is 0 Å². The standard InChI is InChI=1S/C8H10N2O.C8H9NO.C8H13NS.C6H13N.2CH4/c1-9-8(11)10-7-5-3-2-4-6-7;1-9-8(10)7-5-3-2-4-6-7;1-6-9-7(5-10-6)8(2,3)4;1-7-5-3-2-4-6-7;;/h2-6H,1H3,(H2,9,10,11);2-6H,1H3,(H,9,10);5H,1-4H3;2-6H2,1H3;2*1H4. The molecule has 224 valence electrons.